The smallest absolute Gasteiger partial charge is 0.291 e. The molecule has 106 valence electrons. The minimum absolute atomic E-state index is 0.297. The summed E-state index contributed by atoms with van der Waals surface area (Å²) in [6.07, 6.45) is 0. The lowest BCUT2D eigenvalue weighted by molar-refractivity contribution is 0.491. The normalized spacial score (nSPS) is 11.2. The Morgan fingerprint density at radius 2 is 1.15 bits per heavy atom. The molecule has 20 heavy (non-hydrogen) atoms. The van der Waals surface area contributed by atoms with Gasteiger partial charge in [0.2, 0.25) is 0 Å². The lowest BCUT2D eigenvalue weighted by Gasteiger charge is -2.15. The zero-order valence-electron chi connectivity index (χ0n) is 11.0. The highest BCUT2D eigenvalue weighted by molar-refractivity contribution is 7.66. The molecule has 1 aromatic carbocycles. The van der Waals surface area contributed by atoms with E-state index in [1.807, 2.05) is 0 Å². The van der Waals surface area contributed by atoms with Crippen molar-refractivity contribution in [2.24, 2.45) is 0 Å². The van der Waals surface area contributed by atoms with E-state index in [1.54, 1.807) is 18.2 Å². The standard InChI is InChI=1S/C14H16O4P2/c1-5-19(15,6-2)17-13-10-9-11-14(12-13)18-20(16,7-3)8-4/h5-12H,1-4H2. The van der Waals surface area contributed by atoms with Gasteiger partial charge in [-0.25, -0.2) is 0 Å². The van der Waals surface area contributed by atoms with Gasteiger partial charge in [-0.3, -0.25) is 9.13 Å². The Morgan fingerprint density at radius 3 is 1.45 bits per heavy atom. The second-order valence-electron chi connectivity index (χ2n) is 3.68. The molecule has 0 heterocycles. The maximum Gasteiger partial charge on any atom is 0.291 e. The van der Waals surface area contributed by atoms with Crippen molar-refractivity contribution >= 4 is 14.7 Å². The van der Waals surface area contributed by atoms with Crippen molar-refractivity contribution in [3.05, 3.63) is 73.8 Å². The second-order valence-corrected chi connectivity index (χ2v) is 8.08. The van der Waals surface area contributed by atoms with Gasteiger partial charge < -0.3 is 9.05 Å². The van der Waals surface area contributed by atoms with Gasteiger partial charge in [-0.2, -0.15) is 0 Å². The third-order valence-electron chi connectivity index (χ3n) is 2.32. The summed E-state index contributed by atoms with van der Waals surface area (Å²) in [4.78, 5) is 0. The molecule has 0 bridgehead atoms. The van der Waals surface area contributed by atoms with Gasteiger partial charge in [-0.1, -0.05) is 32.4 Å². The molecular weight excluding hydrogens is 294 g/mol. The minimum atomic E-state index is -3.13. The molecule has 4 nitrogen and oxygen atoms in total. The third kappa shape index (κ3) is 4.12. The van der Waals surface area contributed by atoms with Crippen LogP contribution < -0.4 is 9.05 Å². The largest absolute Gasteiger partial charge is 0.437 e. The van der Waals surface area contributed by atoms with Gasteiger partial charge in [0.05, 0.1) is 0 Å². The van der Waals surface area contributed by atoms with Crippen LogP contribution in [0.3, 0.4) is 0 Å². The van der Waals surface area contributed by atoms with Gasteiger partial charge in [-0.15, -0.1) is 0 Å². The van der Waals surface area contributed by atoms with Gasteiger partial charge in [0.15, 0.2) is 0 Å². The quantitative estimate of drug-likeness (QED) is 0.589. The summed E-state index contributed by atoms with van der Waals surface area (Å²) < 4.78 is 34.7. The van der Waals surface area contributed by atoms with Crippen LogP contribution in [-0.4, -0.2) is 0 Å². The maximum absolute atomic E-state index is 12.0. The number of benzene rings is 1. The van der Waals surface area contributed by atoms with Crippen LogP contribution in [0.15, 0.2) is 73.8 Å². The topological polar surface area (TPSA) is 52.6 Å². The summed E-state index contributed by atoms with van der Waals surface area (Å²) in [6.45, 7) is 13.8. The van der Waals surface area contributed by atoms with Crippen LogP contribution in [0, 0.1) is 0 Å². The van der Waals surface area contributed by atoms with Crippen LogP contribution in [0.25, 0.3) is 0 Å². The van der Waals surface area contributed by atoms with Gasteiger partial charge in [-0.05, 0) is 12.1 Å². The van der Waals surface area contributed by atoms with Crippen molar-refractivity contribution < 1.29 is 18.2 Å². The molecule has 1 aromatic rings. The highest BCUT2D eigenvalue weighted by atomic mass is 31.2. The fourth-order valence-corrected chi connectivity index (χ4v) is 2.70. The molecule has 0 aromatic heterocycles. The Kier molecular flexibility index (Phi) is 5.38. The van der Waals surface area contributed by atoms with Crippen LogP contribution in [0.1, 0.15) is 0 Å². The van der Waals surface area contributed by atoms with Crippen molar-refractivity contribution in [1.29, 1.82) is 0 Å². The molecular formula is C14H16O4P2. The van der Waals surface area contributed by atoms with Crippen LogP contribution >= 0.6 is 14.7 Å². The molecule has 0 unspecified atom stereocenters. The molecule has 0 fully saturated rings. The summed E-state index contributed by atoms with van der Waals surface area (Å²) in [5.74, 6) is 5.39. The first kappa shape index (κ1) is 16.3. The average molecular weight is 310 g/mol. The predicted octanol–water partition coefficient (Wildman–Crippen LogP) is 5.57. The fourth-order valence-electron chi connectivity index (χ4n) is 1.22. The summed E-state index contributed by atoms with van der Waals surface area (Å²) in [7, 11) is -6.25. The van der Waals surface area contributed by atoms with Crippen molar-refractivity contribution in [2.75, 3.05) is 0 Å². The molecule has 0 aliphatic carbocycles. The zero-order chi connectivity index (χ0) is 15.2. The summed E-state index contributed by atoms with van der Waals surface area (Å²) in [5, 5.41) is 0. The highest BCUT2D eigenvalue weighted by Crippen LogP contribution is 2.52. The molecule has 0 aliphatic heterocycles. The van der Waals surface area contributed by atoms with Gasteiger partial charge in [0.25, 0.3) is 14.7 Å². The van der Waals surface area contributed by atoms with Gasteiger partial charge in [0.1, 0.15) is 11.5 Å². The highest BCUT2D eigenvalue weighted by Gasteiger charge is 2.17. The first-order chi connectivity index (χ1) is 9.40. The molecule has 1 rings (SSSR count). The third-order valence-corrected chi connectivity index (χ3v) is 5.35. The lowest BCUT2D eigenvalue weighted by Crippen LogP contribution is -1.90. The number of rotatable bonds is 8. The Hall–Kier alpha value is -1.76. The lowest BCUT2D eigenvalue weighted by atomic mass is 10.3. The second kappa shape index (κ2) is 6.60. The van der Waals surface area contributed by atoms with E-state index in [-0.39, 0.29) is 0 Å². The van der Waals surface area contributed by atoms with E-state index in [4.69, 9.17) is 9.05 Å². The van der Waals surface area contributed by atoms with Crippen LogP contribution in [-0.2, 0) is 9.13 Å². The Morgan fingerprint density at radius 1 is 0.800 bits per heavy atom. The summed E-state index contributed by atoms with van der Waals surface area (Å²) in [5.41, 5.74) is 0. The molecule has 6 heteroatoms. The maximum atomic E-state index is 12.0. The van der Waals surface area contributed by atoms with E-state index in [0.29, 0.717) is 11.5 Å². The Balaban J connectivity index is 3.03. The fraction of sp³-hybridized carbons (Fsp3) is 0. The van der Waals surface area contributed by atoms with Crippen molar-refractivity contribution in [3.8, 4) is 11.5 Å². The SMILES string of the molecule is C=CP(=O)(C=C)Oc1cccc(OP(=O)(C=C)C=C)c1. The molecule has 0 spiro atoms. The van der Waals surface area contributed by atoms with E-state index >= 15 is 0 Å². The molecule has 0 atom stereocenters. The first-order valence-corrected chi connectivity index (χ1v) is 9.15. The molecule has 0 radical (unpaired) electrons. The summed E-state index contributed by atoms with van der Waals surface area (Å²) in [6, 6.07) is 6.29. The Bertz CT molecular complexity index is 559. The average Bonchev–Trinajstić information content (AvgIpc) is 2.47. The number of hydrogen-bond acceptors (Lipinski definition) is 4. The van der Waals surface area contributed by atoms with Crippen molar-refractivity contribution in [2.45, 2.75) is 0 Å². The molecule has 0 saturated carbocycles. The van der Waals surface area contributed by atoms with E-state index < -0.39 is 14.7 Å². The van der Waals surface area contributed by atoms with Gasteiger partial charge >= 0.3 is 0 Å². The zero-order valence-corrected chi connectivity index (χ0v) is 12.8. The minimum Gasteiger partial charge on any atom is -0.437 e. The van der Waals surface area contributed by atoms with Crippen molar-refractivity contribution in [1.82, 2.24) is 0 Å². The van der Waals surface area contributed by atoms with Crippen LogP contribution in [0.5, 0.6) is 11.5 Å². The molecule has 0 amide bonds. The molecule has 0 N–H and O–H groups in total. The monoisotopic (exact) mass is 310 g/mol. The van der Waals surface area contributed by atoms with E-state index in [0.717, 1.165) is 0 Å². The Labute approximate surface area is 119 Å². The van der Waals surface area contributed by atoms with Crippen LogP contribution in [0.4, 0.5) is 0 Å². The van der Waals surface area contributed by atoms with E-state index in [9.17, 15) is 9.13 Å². The summed E-state index contributed by atoms with van der Waals surface area (Å²) >= 11 is 0. The van der Waals surface area contributed by atoms with E-state index in [2.05, 4.69) is 26.3 Å². The van der Waals surface area contributed by atoms with E-state index in [1.165, 1.54) is 29.3 Å². The van der Waals surface area contributed by atoms with Crippen LogP contribution in [0.2, 0.25) is 0 Å². The number of hydrogen-bond donors (Lipinski definition) is 0. The van der Waals surface area contributed by atoms with Crippen molar-refractivity contribution in [3.63, 3.8) is 0 Å². The molecule has 0 saturated heterocycles. The van der Waals surface area contributed by atoms with Gasteiger partial charge in [0, 0.05) is 29.3 Å². The molecule has 0 aliphatic rings. The predicted molar refractivity (Wildman–Crippen MR) is 83.7 cm³/mol. The first-order valence-electron chi connectivity index (χ1n) is 5.63.